The van der Waals surface area contributed by atoms with Crippen molar-refractivity contribution in [2.45, 2.75) is 29.1 Å². The number of hydrogen-bond acceptors (Lipinski definition) is 7. The van der Waals surface area contributed by atoms with Crippen LogP contribution in [0.1, 0.15) is 13.8 Å². The molecule has 0 spiro atoms. The summed E-state index contributed by atoms with van der Waals surface area (Å²) in [5, 5.41) is 10.7. The van der Waals surface area contributed by atoms with Gasteiger partial charge < -0.3 is 0 Å². The summed E-state index contributed by atoms with van der Waals surface area (Å²) in [5.74, 6) is -0.243. The van der Waals surface area contributed by atoms with Gasteiger partial charge in [0.2, 0.25) is 21.1 Å². The summed E-state index contributed by atoms with van der Waals surface area (Å²) in [6.45, 7) is 7.06. The summed E-state index contributed by atoms with van der Waals surface area (Å²) in [4.78, 5) is 12.4. The largest absolute Gasteiger partial charge is 0.299 e. The molecule has 2 N–H and O–H groups in total. The molecule has 0 unspecified atom stereocenters. The van der Waals surface area contributed by atoms with Gasteiger partial charge >= 0.3 is 0 Å². The van der Waals surface area contributed by atoms with E-state index in [1.54, 1.807) is 19.9 Å². The van der Waals surface area contributed by atoms with E-state index in [2.05, 4.69) is 26.8 Å². The molecule has 1 atom stereocenters. The van der Waals surface area contributed by atoms with E-state index in [-0.39, 0.29) is 26.0 Å². The van der Waals surface area contributed by atoms with E-state index >= 15 is 0 Å². The molecule has 0 aliphatic heterocycles. The summed E-state index contributed by atoms with van der Waals surface area (Å²) in [6.07, 6.45) is 1.73. The van der Waals surface area contributed by atoms with E-state index in [9.17, 15) is 13.2 Å². The van der Waals surface area contributed by atoms with Crippen molar-refractivity contribution in [3.63, 3.8) is 0 Å². The second-order valence-corrected chi connectivity index (χ2v) is 10.6. The van der Waals surface area contributed by atoms with Crippen LogP contribution in [-0.4, -0.2) is 36.3 Å². The van der Waals surface area contributed by atoms with Gasteiger partial charge in [-0.25, -0.2) is 8.42 Å². The average Bonchev–Trinajstić information content (AvgIpc) is 3.04. The van der Waals surface area contributed by atoms with Crippen LogP contribution >= 0.6 is 46.3 Å². The smallest absolute Gasteiger partial charge is 0.244 e. The third-order valence-corrected chi connectivity index (χ3v) is 7.74. The van der Waals surface area contributed by atoms with Crippen molar-refractivity contribution >= 4 is 67.4 Å². The molecule has 1 heterocycles. The molecule has 152 valence electrons. The Morgan fingerprint density at radius 2 is 1.96 bits per heavy atom. The van der Waals surface area contributed by atoms with E-state index in [1.165, 1.54) is 41.3 Å². The fourth-order valence-electron chi connectivity index (χ4n) is 2.09. The van der Waals surface area contributed by atoms with Gasteiger partial charge in [0.25, 0.3) is 0 Å². The lowest BCUT2D eigenvalue weighted by atomic mass is 10.1. The number of nitrogens with zero attached hydrogens (tertiary/aromatic N) is 2. The maximum absolute atomic E-state index is 12.8. The molecule has 0 fully saturated rings. The Bertz CT molecular complexity index is 944. The molecule has 28 heavy (non-hydrogen) atoms. The Morgan fingerprint density at radius 1 is 1.32 bits per heavy atom. The van der Waals surface area contributed by atoms with Crippen molar-refractivity contribution < 1.29 is 13.2 Å². The molecular formula is C16H18Cl2N4O3S3. The van der Waals surface area contributed by atoms with Gasteiger partial charge in [-0.3, -0.25) is 10.1 Å². The average molecular weight is 481 g/mol. The fourth-order valence-corrected chi connectivity index (χ4v) is 6.09. The van der Waals surface area contributed by atoms with Crippen LogP contribution in [-0.2, 0) is 14.8 Å². The predicted octanol–water partition coefficient (Wildman–Crippen LogP) is 4.06. The molecule has 0 aliphatic rings. The monoisotopic (exact) mass is 480 g/mol. The molecule has 0 saturated heterocycles. The minimum absolute atomic E-state index is 0.0316. The van der Waals surface area contributed by atoms with Crippen LogP contribution in [0.15, 0.2) is 40.1 Å². The zero-order chi connectivity index (χ0) is 20.9. The lowest BCUT2D eigenvalue weighted by molar-refractivity contribution is -0.118. The molecule has 0 radical (unpaired) electrons. The van der Waals surface area contributed by atoms with Crippen LogP contribution in [0.25, 0.3) is 0 Å². The lowest BCUT2D eigenvalue weighted by Crippen LogP contribution is -2.47. The number of thioether (sulfide) groups is 1. The Labute approximate surface area is 182 Å². The SMILES string of the molecule is C=CCSc1nnc(NC(=O)[C@@H](NS(=O)(=O)c2c(Cl)cccc2Cl)C(C)C)s1. The first-order chi connectivity index (χ1) is 13.2. The molecule has 0 bridgehead atoms. The highest BCUT2D eigenvalue weighted by molar-refractivity contribution is 8.01. The number of hydrogen-bond donors (Lipinski definition) is 2. The van der Waals surface area contributed by atoms with Crippen LogP contribution < -0.4 is 10.0 Å². The van der Waals surface area contributed by atoms with Crippen LogP contribution in [0.2, 0.25) is 10.0 Å². The first-order valence-electron chi connectivity index (χ1n) is 8.00. The minimum atomic E-state index is -4.13. The highest BCUT2D eigenvalue weighted by Gasteiger charge is 2.31. The highest BCUT2D eigenvalue weighted by Crippen LogP contribution is 2.30. The van der Waals surface area contributed by atoms with E-state index in [4.69, 9.17) is 23.2 Å². The van der Waals surface area contributed by atoms with Gasteiger partial charge in [0.05, 0.1) is 10.0 Å². The molecule has 2 aromatic rings. The van der Waals surface area contributed by atoms with Crippen LogP contribution in [0.4, 0.5) is 5.13 Å². The normalized spacial score (nSPS) is 12.8. The summed E-state index contributed by atoms with van der Waals surface area (Å²) >= 11 is 14.6. The number of benzene rings is 1. The second-order valence-electron chi connectivity index (χ2n) is 5.86. The van der Waals surface area contributed by atoms with Gasteiger partial charge in [0.1, 0.15) is 10.9 Å². The topological polar surface area (TPSA) is 101 Å². The summed E-state index contributed by atoms with van der Waals surface area (Å²) in [7, 11) is -4.13. The molecular weight excluding hydrogens is 463 g/mol. The first kappa shape index (κ1) is 23.1. The summed E-state index contributed by atoms with van der Waals surface area (Å²) in [6, 6.07) is 3.30. The number of anilines is 1. The summed E-state index contributed by atoms with van der Waals surface area (Å²) in [5.41, 5.74) is 0. The molecule has 12 heteroatoms. The van der Waals surface area contributed by atoms with Crippen LogP contribution in [0.5, 0.6) is 0 Å². The molecule has 7 nitrogen and oxygen atoms in total. The number of sulfonamides is 1. The number of carbonyl (C=O) groups is 1. The molecule has 0 aliphatic carbocycles. The standard InChI is InChI=1S/C16H18Cl2N4O3S3/c1-4-8-26-16-21-20-15(27-16)19-14(23)12(9(2)3)22-28(24,25)13-10(17)6-5-7-11(13)18/h4-7,9,12,22H,1,8H2,2-3H3,(H,19,20,23)/t12-/m0/s1. The Balaban J connectivity index is 2.19. The fraction of sp³-hybridized carbons (Fsp3) is 0.312. The zero-order valence-electron chi connectivity index (χ0n) is 15.0. The van der Waals surface area contributed by atoms with Crippen molar-refractivity contribution in [3.05, 3.63) is 40.9 Å². The van der Waals surface area contributed by atoms with Crippen molar-refractivity contribution in [1.29, 1.82) is 0 Å². The number of carbonyl (C=O) groups excluding carboxylic acids is 1. The Hall–Kier alpha value is -1.17. The van der Waals surface area contributed by atoms with Gasteiger partial charge in [0.15, 0.2) is 4.34 Å². The van der Waals surface area contributed by atoms with Gasteiger partial charge in [-0.05, 0) is 18.1 Å². The van der Waals surface area contributed by atoms with Gasteiger partial charge in [-0.1, -0.05) is 72.3 Å². The predicted molar refractivity (Wildman–Crippen MR) is 115 cm³/mol. The molecule has 2 rings (SSSR count). The summed E-state index contributed by atoms with van der Waals surface area (Å²) < 4.78 is 28.6. The Kier molecular flexibility index (Phi) is 8.29. The van der Waals surface area contributed by atoms with Crippen molar-refractivity contribution in [2.24, 2.45) is 5.92 Å². The zero-order valence-corrected chi connectivity index (χ0v) is 18.9. The van der Waals surface area contributed by atoms with Crippen molar-refractivity contribution in [3.8, 4) is 0 Å². The van der Waals surface area contributed by atoms with Crippen LogP contribution in [0.3, 0.4) is 0 Å². The number of nitrogens with one attached hydrogen (secondary N) is 2. The molecule has 0 saturated carbocycles. The number of rotatable bonds is 9. The quantitative estimate of drug-likeness (QED) is 0.318. The second kappa shape index (κ2) is 10.0. The van der Waals surface area contributed by atoms with Crippen molar-refractivity contribution in [2.75, 3.05) is 11.1 Å². The number of amides is 1. The highest BCUT2D eigenvalue weighted by atomic mass is 35.5. The van der Waals surface area contributed by atoms with E-state index in [1.807, 2.05) is 0 Å². The van der Waals surface area contributed by atoms with Gasteiger partial charge in [-0.15, -0.1) is 16.8 Å². The van der Waals surface area contributed by atoms with E-state index in [0.717, 1.165) is 0 Å². The molecule has 1 aromatic carbocycles. The third kappa shape index (κ3) is 5.91. The van der Waals surface area contributed by atoms with E-state index < -0.39 is 22.0 Å². The minimum Gasteiger partial charge on any atom is -0.299 e. The Morgan fingerprint density at radius 3 is 2.54 bits per heavy atom. The molecule has 1 aromatic heterocycles. The maximum atomic E-state index is 12.8. The van der Waals surface area contributed by atoms with Gasteiger partial charge in [0, 0.05) is 5.75 Å². The van der Waals surface area contributed by atoms with Gasteiger partial charge in [-0.2, -0.15) is 4.72 Å². The number of aromatic nitrogens is 2. The van der Waals surface area contributed by atoms with Crippen molar-refractivity contribution in [1.82, 2.24) is 14.9 Å². The third-order valence-electron chi connectivity index (χ3n) is 3.38. The number of halogens is 2. The van der Waals surface area contributed by atoms with Crippen LogP contribution in [0, 0.1) is 5.92 Å². The first-order valence-corrected chi connectivity index (χ1v) is 12.0. The molecule has 1 amide bonds. The van der Waals surface area contributed by atoms with E-state index in [0.29, 0.717) is 10.1 Å². The lowest BCUT2D eigenvalue weighted by Gasteiger charge is -2.21. The maximum Gasteiger partial charge on any atom is 0.244 e.